The Bertz CT molecular complexity index is 888. The van der Waals surface area contributed by atoms with Crippen molar-refractivity contribution in [3.8, 4) is 0 Å². The third-order valence-corrected chi connectivity index (χ3v) is 6.57. The van der Waals surface area contributed by atoms with E-state index >= 15 is 0 Å². The number of hydrogen-bond donors (Lipinski definition) is 0. The molecule has 0 aliphatic carbocycles. The predicted molar refractivity (Wildman–Crippen MR) is 102 cm³/mol. The fourth-order valence-corrected chi connectivity index (χ4v) is 4.61. The van der Waals surface area contributed by atoms with Crippen molar-refractivity contribution < 1.29 is 17.6 Å². The first-order valence-electron chi connectivity index (χ1n) is 8.89. The summed E-state index contributed by atoms with van der Waals surface area (Å²) in [5.41, 5.74) is 2.65. The molecule has 0 aromatic heterocycles. The van der Waals surface area contributed by atoms with E-state index in [0.717, 1.165) is 11.1 Å². The highest BCUT2D eigenvalue weighted by atomic mass is 32.2. The fourth-order valence-electron chi connectivity index (χ4n) is 3.09. The number of benzene rings is 2. The fraction of sp³-hybridized carbons (Fsp3) is 0.350. The molecule has 0 spiro atoms. The molecule has 7 heteroatoms. The van der Waals surface area contributed by atoms with Crippen molar-refractivity contribution in [2.24, 2.45) is 0 Å². The van der Waals surface area contributed by atoms with Crippen molar-refractivity contribution in [1.82, 2.24) is 9.21 Å². The van der Waals surface area contributed by atoms with Crippen LogP contribution >= 0.6 is 0 Å². The number of aryl methyl sites for hydroxylation is 1. The lowest BCUT2D eigenvalue weighted by Crippen LogP contribution is -2.51. The van der Waals surface area contributed by atoms with Crippen molar-refractivity contribution in [3.63, 3.8) is 0 Å². The standard InChI is InChI=1S/C20H23FN2O3S/c1-16-2-4-17(5-3-16)14-20(24)22-10-12-23(13-11-22)27(25,26)15-18-6-8-19(21)9-7-18/h2-9H,10-15H2,1H3. The summed E-state index contributed by atoms with van der Waals surface area (Å²) in [6.07, 6.45) is 0.322. The van der Waals surface area contributed by atoms with Crippen LogP contribution in [-0.4, -0.2) is 49.7 Å². The Hall–Kier alpha value is -2.25. The van der Waals surface area contributed by atoms with Gasteiger partial charge in [-0.05, 0) is 30.2 Å². The zero-order valence-electron chi connectivity index (χ0n) is 15.3. The number of hydrogen-bond acceptors (Lipinski definition) is 3. The van der Waals surface area contributed by atoms with Crippen LogP contribution < -0.4 is 0 Å². The second kappa shape index (κ2) is 8.19. The number of amides is 1. The van der Waals surface area contributed by atoms with Gasteiger partial charge in [0.1, 0.15) is 5.82 Å². The molecule has 0 N–H and O–H groups in total. The smallest absolute Gasteiger partial charge is 0.227 e. The summed E-state index contributed by atoms with van der Waals surface area (Å²) in [6, 6.07) is 13.3. The SMILES string of the molecule is Cc1ccc(CC(=O)N2CCN(S(=O)(=O)Cc3ccc(F)cc3)CC2)cc1. The maximum atomic E-state index is 13.0. The van der Waals surface area contributed by atoms with Gasteiger partial charge in [-0.15, -0.1) is 0 Å². The van der Waals surface area contributed by atoms with Crippen LogP contribution in [0.4, 0.5) is 4.39 Å². The van der Waals surface area contributed by atoms with Crippen LogP contribution in [0.25, 0.3) is 0 Å². The molecule has 1 aliphatic rings. The summed E-state index contributed by atoms with van der Waals surface area (Å²) < 4.78 is 39.5. The van der Waals surface area contributed by atoms with E-state index in [4.69, 9.17) is 0 Å². The summed E-state index contributed by atoms with van der Waals surface area (Å²) in [4.78, 5) is 14.2. The molecule has 1 saturated heterocycles. The molecule has 2 aromatic rings. The molecular weight excluding hydrogens is 367 g/mol. The molecule has 1 amide bonds. The van der Waals surface area contributed by atoms with Gasteiger partial charge in [-0.2, -0.15) is 4.31 Å². The van der Waals surface area contributed by atoms with Crippen LogP contribution in [0.2, 0.25) is 0 Å². The van der Waals surface area contributed by atoms with Crippen LogP contribution in [0.5, 0.6) is 0 Å². The van der Waals surface area contributed by atoms with E-state index in [-0.39, 0.29) is 24.7 Å². The molecule has 1 aliphatic heterocycles. The van der Waals surface area contributed by atoms with Crippen LogP contribution in [0.1, 0.15) is 16.7 Å². The van der Waals surface area contributed by atoms with Gasteiger partial charge in [-0.1, -0.05) is 42.0 Å². The second-order valence-electron chi connectivity index (χ2n) is 6.82. The monoisotopic (exact) mass is 390 g/mol. The Balaban J connectivity index is 1.55. The molecule has 1 fully saturated rings. The van der Waals surface area contributed by atoms with Gasteiger partial charge in [0.25, 0.3) is 0 Å². The van der Waals surface area contributed by atoms with Gasteiger partial charge in [-0.25, -0.2) is 12.8 Å². The number of sulfonamides is 1. The third-order valence-electron chi connectivity index (χ3n) is 4.72. The highest BCUT2D eigenvalue weighted by Gasteiger charge is 2.28. The van der Waals surface area contributed by atoms with Crippen LogP contribution in [0, 0.1) is 12.7 Å². The van der Waals surface area contributed by atoms with E-state index in [9.17, 15) is 17.6 Å². The number of carbonyl (C=O) groups is 1. The molecular formula is C20H23FN2O3S. The van der Waals surface area contributed by atoms with Gasteiger partial charge in [0.15, 0.2) is 0 Å². The summed E-state index contributed by atoms with van der Waals surface area (Å²) >= 11 is 0. The zero-order chi connectivity index (χ0) is 19.4. The van der Waals surface area contributed by atoms with Crippen molar-refractivity contribution in [2.75, 3.05) is 26.2 Å². The maximum Gasteiger partial charge on any atom is 0.227 e. The predicted octanol–water partition coefficient (Wildman–Crippen LogP) is 2.35. The van der Waals surface area contributed by atoms with Crippen molar-refractivity contribution in [3.05, 3.63) is 71.0 Å². The van der Waals surface area contributed by atoms with E-state index in [1.807, 2.05) is 31.2 Å². The lowest BCUT2D eigenvalue weighted by atomic mass is 10.1. The Kier molecular flexibility index (Phi) is 5.92. The van der Waals surface area contributed by atoms with Gasteiger partial charge >= 0.3 is 0 Å². The third kappa shape index (κ3) is 5.14. The number of halogens is 1. The summed E-state index contributed by atoms with van der Waals surface area (Å²) in [6.45, 7) is 3.32. The van der Waals surface area contributed by atoms with Gasteiger partial charge in [0, 0.05) is 26.2 Å². The molecule has 3 rings (SSSR count). The van der Waals surface area contributed by atoms with E-state index < -0.39 is 15.8 Å². The molecule has 27 heavy (non-hydrogen) atoms. The molecule has 144 valence electrons. The van der Waals surface area contributed by atoms with E-state index in [1.54, 1.807) is 4.90 Å². The molecule has 1 heterocycles. The summed E-state index contributed by atoms with van der Waals surface area (Å²) in [5.74, 6) is -0.545. The number of nitrogens with zero attached hydrogens (tertiary/aromatic N) is 2. The van der Waals surface area contributed by atoms with Crippen LogP contribution in [-0.2, 0) is 27.0 Å². The quantitative estimate of drug-likeness (QED) is 0.788. The van der Waals surface area contributed by atoms with E-state index in [0.29, 0.717) is 25.1 Å². The number of piperazine rings is 1. The topological polar surface area (TPSA) is 57.7 Å². The Morgan fingerprint density at radius 3 is 2.07 bits per heavy atom. The number of rotatable bonds is 5. The van der Waals surface area contributed by atoms with E-state index in [1.165, 1.54) is 28.6 Å². The number of carbonyl (C=O) groups excluding carboxylic acids is 1. The first-order valence-corrected chi connectivity index (χ1v) is 10.5. The maximum absolute atomic E-state index is 13.0. The molecule has 0 atom stereocenters. The van der Waals surface area contributed by atoms with Crippen molar-refractivity contribution in [1.29, 1.82) is 0 Å². The minimum Gasteiger partial charge on any atom is -0.340 e. The van der Waals surface area contributed by atoms with Crippen molar-refractivity contribution in [2.45, 2.75) is 19.1 Å². The van der Waals surface area contributed by atoms with Gasteiger partial charge in [0.2, 0.25) is 15.9 Å². The van der Waals surface area contributed by atoms with Gasteiger partial charge in [0.05, 0.1) is 12.2 Å². The first-order chi connectivity index (χ1) is 12.8. The second-order valence-corrected chi connectivity index (χ2v) is 8.79. The average molecular weight is 390 g/mol. The van der Waals surface area contributed by atoms with E-state index in [2.05, 4.69) is 0 Å². The average Bonchev–Trinajstić information content (AvgIpc) is 2.65. The van der Waals surface area contributed by atoms with Crippen LogP contribution in [0.3, 0.4) is 0 Å². The lowest BCUT2D eigenvalue weighted by Gasteiger charge is -2.34. The Morgan fingerprint density at radius 2 is 1.48 bits per heavy atom. The molecule has 0 radical (unpaired) electrons. The highest BCUT2D eigenvalue weighted by Crippen LogP contribution is 2.15. The first kappa shape index (κ1) is 19.5. The summed E-state index contributed by atoms with van der Waals surface area (Å²) in [5, 5.41) is 0. The zero-order valence-corrected chi connectivity index (χ0v) is 16.1. The van der Waals surface area contributed by atoms with Crippen LogP contribution in [0.15, 0.2) is 48.5 Å². The molecule has 0 saturated carbocycles. The molecule has 0 unspecified atom stereocenters. The van der Waals surface area contributed by atoms with Gasteiger partial charge < -0.3 is 4.90 Å². The van der Waals surface area contributed by atoms with Crippen molar-refractivity contribution >= 4 is 15.9 Å². The lowest BCUT2D eigenvalue weighted by molar-refractivity contribution is -0.131. The molecule has 5 nitrogen and oxygen atoms in total. The highest BCUT2D eigenvalue weighted by molar-refractivity contribution is 7.88. The Labute approximate surface area is 159 Å². The largest absolute Gasteiger partial charge is 0.340 e. The van der Waals surface area contributed by atoms with Gasteiger partial charge in [-0.3, -0.25) is 4.79 Å². The minimum atomic E-state index is -3.49. The Morgan fingerprint density at radius 1 is 0.926 bits per heavy atom. The minimum absolute atomic E-state index is 0.00874. The molecule has 2 aromatic carbocycles. The normalized spacial score (nSPS) is 15.7. The molecule has 0 bridgehead atoms. The summed E-state index contributed by atoms with van der Waals surface area (Å²) in [7, 11) is -3.49.